The van der Waals surface area contributed by atoms with Crippen molar-refractivity contribution in [3.05, 3.63) is 28.3 Å². The number of carbonyl (C=O) groups excluding carboxylic acids is 1. The fraction of sp³-hybridized carbons (Fsp3) is 0.417. The van der Waals surface area contributed by atoms with Crippen LogP contribution >= 0.6 is 0 Å². The lowest BCUT2D eigenvalue weighted by atomic mass is 10.3. The van der Waals surface area contributed by atoms with E-state index in [-0.39, 0.29) is 5.75 Å². The number of carbonyl (C=O) groups is 1. The summed E-state index contributed by atoms with van der Waals surface area (Å²) in [6.07, 6.45) is -0.727. The molecule has 1 N–H and O–H groups in total. The number of ether oxygens (including phenoxy) is 2. The molecule has 1 fully saturated rings. The van der Waals surface area contributed by atoms with Gasteiger partial charge in [0.2, 0.25) is 0 Å². The second kappa shape index (κ2) is 6.98. The zero-order valence-corrected chi connectivity index (χ0v) is 11.3. The third-order valence-corrected chi connectivity index (χ3v) is 2.93. The van der Waals surface area contributed by atoms with E-state index in [4.69, 9.17) is 4.74 Å². The summed E-state index contributed by atoms with van der Waals surface area (Å²) in [6, 6.07) is 2.88. The average Bonchev–Trinajstić information content (AvgIpc) is 2.49. The topological polar surface area (TPSA) is 93.9 Å². The van der Waals surface area contributed by atoms with Gasteiger partial charge >= 0.3 is 12.7 Å². The van der Waals surface area contributed by atoms with Crippen LogP contribution in [0.2, 0.25) is 0 Å². The van der Waals surface area contributed by atoms with Gasteiger partial charge in [-0.25, -0.2) is 4.79 Å². The van der Waals surface area contributed by atoms with Crippen molar-refractivity contribution in [2.24, 2.45) is 0 Å². The highest BCUT2D eigenvalue weighted by molar-refractivity contribution is 5.72. The van der Waals surface area contributed by atoms with E-state index < -0.39 is 29.1 Å². The number of nitro benzene ring substituents is 1. The van der Waals surface area contributed by atoms with E-state index in [9.17, 15) is 23.7 Å². The molecule has 1 heterocycles. The smallest absolute Gasteiger partial charge is 0.415 e. The highest BCUT2D eigenvalue weighted by atomic mass is 19.3. The molecule has 1 amide bonds. The van der Waals surface area contributed by atoms with E-state index in [1.165, 1.54) is 4.90 Å². The maximum absolute atomic E-state index is 12.4. The number of nitrogens with one attached hydrogen (secondary N) is 1. The summed E-state index contributed by atoms with van der Waals surface area (Å²) in [5.41, 5.74) is -0.447. The van der Waals surface area contributed by atoms with Gasteiger partial charge in [-0.1, -0.05) is 0 Å². The second-order valence-electron chi connectivity index (χ2n) is 4.37. The molecule has 2 rings (SSSR count). The largest absolute Gasteiger partial charge is 0.431 e. The molecule has 0 aromatic heterocycles. The van der Waals surface area contributed by atoms with Crippen LogP contribution in [-0.2, 0) is 0 Å². The molecular formula is C12H13F2N3O5. The minimum absolute atomic E-state index is 0.297. The molecule has 1 aromatic rings. The average molecular weight is 317 g/mol. The molecule has 0 atom stereocenters. The van der Waals surface area contributed by atoms with Gasteiger partial charge in [0.1, 0.15) is 0 Å². The normalized spacial score (nSPS) is 14.8. The first-order valence-corrected chi connectivity index (χ1v) is 6.38. The SMILES string of the molecule is O=C(Oc1ccc([N+](=O)[O-])cc1OC(F)F)N1CCNCC1. The molecule has 10 heteroatoms. The third-order valence-electron chi connectivity index (χ3n) is 2.93. The molecule has 22 heavy (non-hydrogen) atoms. The molecule has 1 saturated heterocycles. The summed E-state index contributed by atoms with van der Waals surface area (Å²) in [5.74, 6) is -0.859. The predicted molar refractivity (Wildman–Crippen MR) is 70.2 cm³/mol. The van der Waals surface area contributed by atoms with E-state index in [2.05, 4.69) is 10.1 Å². The Morgan fingerprint density at radius 1 is 1.32 bits per heavy atom. The fourth-order valence-corrected chi connectivity index (χ4v) is 1.89. The van der Waals surface area contributed by atoms with Gasteiger partial charge in [0.05, 0.1) is 11.0 Å². The van der Waals surface area contributed by atoms with Crippen LogP contribution in [-0.4, -0.2) is 48.7 Å². The molecule has 1 aliphatic heterocycles. The summed E-state index contributed by atoms with van der Waals surface area (Å²) < 4.78 is 33.9. The zero-order valence-electron chi connectivity index (χ0n) is 11.3. The van der Waals surface area contributed by atoms with Crippen molar-refractivity contribution in [3.63, 3.8) is 0 Å². The number of benzene rings is 1. The van der Waals surface area contributed by atoms with E-state index >= 15 is 0 Å². The van der Waals surface area contributed by atoms with Crippen molar-refractivity contribution in [1.82, 2.24) is 10.2 Å². The highest BCUT2D eigenvalue weighted by Crippen LogP contribution is 2.33. The van der Waals surface area contributed by atoms with E-state index in [0.29, 0.717) is 26.2 Å². The highest BCUT2D eigenvalue weighted by Gasteiger charge is 2.22. The summed E-state index contributed by atoms with van der Waals surface area (Å²) in [4.78, 5) is 23.2. The quantitative estimate of drug-likeness (QED) is 0.669. The number of rotatable bonds is 4. The number of hydrogen-bond acceptors (Lipinski definition) is 6. The first-order chi connectivity index (χ1) is 10.5. The van der Waals surface area contributed by atoms with Crippen LogP contribution in [0.1, 0.15) is 0 Å². The number of piperazine rings is 1. The van der Waals surface area contributed by atoms with E-state index in [0.717, 1.165) is 18.2 Å². The lowest BCUT2D eigenvalue weighted by Crippen LogP contribution is -2.47. The van der Waals surface area contributed by atoms with E-state index in [1.807, 2.05) is 0 Å². The Bertz CT molecular complexity index is 564. The molecule has 0 radical (unpaired) electrons. The van der Waals surface area contributed by atoms with Gasteiger partial charge < -0.3 is 19.7 Å². The predicted octanol–water partition coefficient (Wildman–Crippen LogP) is 1.60. The first-order valence-electron chi connectivity index (χ1n) is 6.38. The van der Waals surface area contributed by atoms with Crippen LogP contribution in [0.3, 0.4) is 0 Å². The molecule has 0 saturated carbocycles. The minimum atomic E-state index is -3.20. The van der Waals surface area contributed by atoms with Crippen LogP contribution in [0.5, 0.6) is 11.5 Å². The van der Waals surface area contributed by atoms with Crippen molar-refractivity contribution in [2.45, 2.75) is 6.61 Å². The molecule has 120 valence electrons. The van der Waals surface area contributed by atoms with Gasteiger partial charge in [0.25, 0.3) is 5.69 Å². The zero-order chi connectivity index (χ0) is 16.1. The molecule has 1 aliphatic rings. The van der Waals surface area contributed by atoms with Gasteiger partial charge in [0.15, 0.2) is 11.5 Å². The van der Waals surface area contributed by atoms with Crippen molar-refractivity contribution < 1.29 is 28.0 Å². The molecule has 1 aromatic carbocycles. The van der Waals surface area contributed by atoms with E-state index in [1.54, 1.807) is 0 Å². The molecular weight excluding hydrogens is 304 g/mol. The lowest BCUT2D eigenvalue weighted by Gasteiger charge is -2.26. The standard InChI is InChI=1S/C12H13F2N3O5/c13-11(14)21-10-7-8(17(19)20)1-2-9(10)22-12(18)16-5-3-15-4-6-16/h1-2,7,11,15H,3-6H2. The van der Waals surface area contributed by atoms with Crippen molar-refractivity contribution in [1.29, 1.82) is 0 Å². The Labute approximate surface area is 123 Å². The third kappa shape index (κ3) is 4.01. The van der Waals surface area contributed by atoms with Crippen LogP contribution in [0, 0.1) is 10.1 Å². The van der Waals surface area contributed by atoms with Gasteiger partial charge in [-0.3, -0.25) is 10.1 Å². The number of nitro groups is 1. The molecule has 8 nitrogen and oxygen atoms in total. The Morgan fingerprint density at radius 2 is 2.00 bits per heavy atom. The van der Waals surface area contributed by atoms with Crippen LogP contribution in [0.15, 0.2) is 18.2 Å². The first kappa shape index (κ1) is 15.9. The Balaban J connectivity index is 2.17. The Morgan fingerprint density at radius 3 is 2.59 bits per heavy atom. The van der Waals surface area contributed by atoms with Crippen LogP contribution < -0.4 is 14.8 Å². The molecule has 0 aliphatic carbocycles. The maximum Gasteiger partial charge on any atom is 0.415 e. The minimum Gasteiger partial charge on any atom is -0.431 e. The summed E-state index contributed by atoms with van der Waals surface area (Å²) >= 11 is 0. The molecule has 0 spiro atoms. The Hall–Kier alpha value is -2.49. The van der Waals surface area contributed by atoms with Crippen molar-refractivity contribution in [3.8, 4) is 11.5 Å². The molecule has 0 unspecified atom stereocenters. The second-order valence-corrected chi connectivity index (χ2v) is 4.37. The number of halogens is 2. The van der Waals surface area contributed by atoms with Crippen LogP contribution in [0.4, 0.5) is 19.3 Å². The van der Waals surface area contributed by atoms with Gasteiger partial charge in [-0.05, 0) is 6.07 Å². The number of amides is 1. The van der Waals surface area contributed by atoms with Gasteiger partial charge in [-0.2, -0.15) is 8.78 Å². The number of alkyl halides is 2. The number of non-ortho nitro benzene ring substituents is 1. The number of nitrogens with zero attached hydrogens (tertiary/aromatic N) is 2. The lowest BCUT2D eigenvalue weighted by molar-refractivity contribution is -0.385. The summed E-state index contributed by atoms with van der Waals surface area (Å²) in [6.45, 7) is -1.18. The molecule has 0 bridgehead atoms. The summed E-state index contributed by atoms with van der Waals surface area (Å²) in [5, 5.41) is 13.7. The van der Waals surface area contributed by atoms with Crippen molar-refractivity contribution >= 4 is 11.8 Å². The monoisotopic (exact) mass is 317 g/mol. The number of hydrogen-bond donors (Lipinski definition) is 1. The maximum atomic E-state index is 12.4. The summed E-state index contributed by atoms with van der Waals surface area (Å²) in [7, 11) is 0. The van der Waals surface area contributed by atoms with Gasteiger partial charge in [-0.15, -0.1) is 0 Å². The van der Waals surface area contributed by atoms with Gasteiger partial charge in [0, 0.05) is 32.2 Å². The fourth-order valence-electron chi connectivity index (χ4n) is 1.89. The van der Waals surface area contributed by atoms with Crippen LogP contribution in [0.25, 0.3) is 0 Å². The van der Waals surface area contributed by atoms with Crippen molar-refractivity contribution in [2.75, 3.05) is 26.2 Å². The Kier molecular flexibility index (Phi) is 5.04.